The van der Waals surface area contributed by atoms with Gasteiger partial charge >= 0.3 is 0 Å². The third kappa shape index (κ3) is 1.30. The molecule has 2 nitrogen and oxygen atoms in total. The molecule has 0 saturated carbocycles. The van der Waals surface area contributed by atoms with Crippen molar-refractivity contribution < 1.29 is 4.58 Å². The van der Waals surface area contributed by atoms with Gasteiger partial charge in [0.25, 0.3) is 5.84 Å². The molecule has 2 aromatic carbocycles. The Morgan fingerprint density at radius 2 is 1.82 bits per heavy atom. The molecular weight excluding hydrogens is 208 g/mol. The van der Waals surface area contributed by atoms with Gasteiger partial charge in [-0.1, -0.05) is 31.2 Å². The number of hydrogen-bond acceptors (Lipinski definition) is 1. The maximum atomic E-state index is 2.30. The Hall–Kier alpha value is -1.83. The molecule has 1 aliphatic heterocycles. The lowest BCUT2D eigenvalue weighted by atomic mass is 10.0. The first-order chi connectivity index (χ1) is 8.24. The number of benzene rings is 2. The Morgan fingerprint density at radius 3 is 2.53 bits per heavy atom. The van der Waals surface area contributed by atoms with E-state index in [1.165, 1.54) is 28.0 Å². The van der Waals surface area contributed by atoms with E-state index in [0.29, 0.717) is 0 Å². The van der Waals surface area contributed by atoms with Gasteiger partial charge in [0, 0.05) is 6.42 Å². The van der Waals surface area contributed by atoms with Crippen LogP contribution >= 0.6 is 0 Å². The molecule has 3 rings (SSSR count). The highest BCUT2D eigenvalue weighted by molar-refractivity contribution is 6.10. The van der Waals surface area contributed by atoms with Crippen molar-refractivity contribution in [2.24, 2.45) is 0 Å². The predicted molar refractivity (Wildman–Crippen MR) is 73.5 cm³/mol. The summed E-state index contributed by atoms with van der Waals surface area (Å²) in [5, 5.41) is 2.67. The van der Waals surface area contributed by atoms with Crippen molar-refractivity contribution >= 4 is 28.0 Å². The Balaban J connectivity index is 2.46. The first kappa shape index (κ1) is 10.3. The van der Waals surface area contributed by atoms with Crippen LogP contribution in [0.5, 0.6) is 0 Å². The maximum Gasteiger partial charge on any atom is 0.256 e. The van der Waals surface area contributed by atoms with Crippen LogP contribution in [0.3, 0.4) is 0 Å². The van der Waals surface area contributed by atoms with Crippen LogP contribution in [0.15, 0.2) is 36.4 Å². The first-order valence-corrected chi connectivity index (χ1v) is 6.09. The zero-order valence-corrected chi connectivity index (χ0v) is 10.6. The van der Waals surface area contributed by atoms with Crippen molar-refractivity contribution in [2.45, 2.75) is 13.3 Å². The van der Waals surface area contributed by atoms with Gasteiger partial charge < -0.3 is 0 Å². The monoisotopic (exact) mass is 225 g/mol. The third-order valence-corrected chi connectivity index (χ3v) is 3.67. The lowest BCUT2D eigenvalue weighted by Crippen LogP contribution is -2.34. The Kier molecular flexibility index (Phi) is 2.18. The zero-order valence-electron chi connectivity index (χ0n) is 10.6. The second-order valence-electron chi connectivity index (χ2n) is 4.54. The van der Waals surface area contributed by atoms with Gasteiger partial charge in [-0.2, -0.15) is 0 Å². The summed E-state index contributed by atoms with van der Waals surface area (Å²) in [7, 11) is 4.31. The fraction of sp³-hybridized carbons (Fsp3) is 0.267. The molecule has 1 heterocycles. The summed E-state index contributed by atoms with van der Waals surface area (Å²) >= 11 is 0. The van der Waals surface area contributed by atoms with Crippen LogP contribution in [-0.4, -0.2) is 24.5 Å². The van der Waals surface area contributed by atoms with E-state index in [4.69, 9.17) is 0 Å². The van der Waals surface area contributed by atoms with Crippen LogP contribution in [-0.2, 0) is 0 Å². The normalized spacial score (nSPS) is 14.6. The summed E-state index contributed by atoms with van der Waals surface area (Å²) in [6, 6.07) is 13.0. The molecule has 0 N–H and O–H groups in total. The van der Waals surface area contributed by atoms with Gasteiger partial charge in [0.2, 0.25) is 0 Å². The van der Waals surface area contributed by atoms with Crippen molar-refractivity contribution in [2.75, 3.05) is 19.0 Å². The lowest BCUT2D eigenvalue weighted by molar-refractivity contribution is -0.406. The summed E-state index contributed by atoms with van der Waals surface area (Å²) in [5.74, 6) is 1.34. The van der Waals surface area contributed by atoms with Crippen molar-refractivity contribution in [3.63, 3.8) is 0 Å². The van der Waals surface area contributed by atoms with E-state index in [2.05, 4.69) is 66.9 Å². The van der Waals surface area contributed by atoms with Crippen molar-refractivity contribution in [3.8, 4) is 0 Å². The molecule has 0 radical (unpaired) electrons. The molecule has 0 atom stereocenters. The summed E-state index contributed by atoms with van der Waals surface area (Å²) in [6.07, 6.45) is 1.04. The van der Waals surface area contributed by atoms with Crippen LogP contribution in [0.25, 0.3) is 10.8 Å². The molecule has 0 aliphatic carbocycles. The van der Waals surface area contributed by atoms with E-state index in [1.54, 1.807) is 0 Å². The third-order valence-electron chi connectivity index (χ3n) is 3.67. The van der Waals surface area contributed by atoms with E-state index >= 15 is 0 Å². The fourth-order valence-electron chi connectivity index (χ4n) is 2.84. The lowest BCUT2D eigenvalue weighted by Gasteiger charge is -2.23. The van der Waals surface area contributed by atoms with Crippen molar-refractivity contribution in [1.82, 2.24) is 0 Å². The largest absolute Gasteiger partial charge is 0.256 e. The number of rotatable bonds is 1. The van der Waals surface area contributed by atoms with Gasteiger partial charge in [0.15, 0.2) is 0 Å². The number of anilines is 1. The molecule has 17 heavy (non-hydrogen) atoms. The van der Waals surface area contributed by atoms with E-state index in [-0.39, 0.29) is 0 Å². The molecule has 0 aromatic heterocycles. The summed E-state index contributed by atoms with van der Waals surface area (Å²) in [6.45, 7) is 2.20. The number of nitrogens with zero attached hydrogens (tertiary/aromatic N) is 2. The van der Waals surface area contributed by atoms with Gasteiger partial charge in [-0.3, -0.25) is 0 Å². The fourth-order valence-corrected chi connectivity index (χ4v) is 2.84. The van der Waals surface area contributed by atoms with Crippen LogP contribution in [0.2, 0.25) is 0 Å². The SMILES string of the molecule is CCC1=[N+](C)c2cccc3cccc(c23)N1C. The zero-order chi connectivity index (χ0) is 12.0. The standard InChI is InChI=1S/C15H17N2/c1-4-14-16(2)12-9-5-7-11-8-6-10-13(15(11)12)17(14)3/h5-10H,4H2,1-3H3/q+1. The first-order valence-electron chi connectivity index (χ1n) is 6.09. The van der Waals surface area contributed by atoms with E-state index in [0.717, 1.165) is 6.42 Å². The molecule has 0 unspecified atom stereocenters. The predicted octanol–water partition coefficient (Wildman–Crippen LogP) is 3.37. The molecule has 2 heteroatoms. The average Bonchev–Trinajstić information content (AvgIpc) is 2.36. The van der Waals surface area contributed by atoms with Crippen LogP contribution in [0.4, 0.5) is 11.4 Å². The second kappa shape index (κ2) is 3.59. The highest BCUT2D eigenvalue weighted by atomic mass is 15.2. The summed E-state index contributed by atoms with van der Waals surface area (Å²) in [4.78, 5) is 2.30. The molecular formula is C15H17N2+. The molecule has 0 spiro atoms. The smallest absolute Gasteiger partial charge is 0.233 e. The van der Waals surface area contributed by atoms with Crippen molar-refractivity contribution in [3.05, 3.63) is 36.4 Å². The minimum atomic E-state index is 1.04. The Bertz CT molecular complexity index is 621. The molecule has 0 amide bonds. The number of hydrogen-bond donors (Lipinski definition) is 0. The van der Waals surface area contributed by atoms with E-state index < -0.39 is 0 Å². The van der Waals surface area contributed by atoms with E-state index in [1.807, 2.05) is 0 Å². The molecule has 2 aromatic rings. The summed E-state index contributed by atoms with van der Waals surface area (Å²) in [5.41, 5.74) is 2.63. The highest BCUT2D eigenvalue weighted by Gasteiger charge is 2.28. The van der Waals surface area contributed by atoms with E-state index in [9.17, 15) is 0 Å². The van der Waals surface area contributed by atoms with Gasteiger partial charge in [-0.25, -0.2) is 9.48 Å². The molecule has 0 bridgehead atoms. The maximum absolute atomic E-state index is 2.30. The molecule has 86 valence electrons. The van der Waals surface area contributed by atoms with Gasteiger partial charge in [-0.05, 0) is 17.5 Å². The van der Waals surface area contributed by atoms with Crippen molar-refractivity contribution in [1.29, 1.82) is 0 Å². The Labute approximate surface area is 102 Å². The summed E-state index contributed by atoms with van der Waals surface area (Å²) < 4.78 is 2.30. The highest BCUT2D eigenvalue weighted by Crippen LogP contribution is 2.37. The quantitative estimate of drug-likeness (QED) is 0.674. The number of amidine groups is 1. The molecule has 0 saturated heterocycles. The van der Waals surface area contributed by atoms with Gasteiger partial charge in [-0.15, -0.1) is 0 Å². The van der Waals surface area contributed by atoms with Crippen LogP contribution in [0.1, 0.15) is 13.3 Å². The van der Waals surface area contributed by atoms with Gasteiger partial charge in [0.05, 0.1) is 19.5 Å². The van der Waals surface area contributed by atoms with Gasteiger partial charge in [0.1, 0.15) is 11.4 Å². The molecule has 1 aliphatic rings. The second-order valence-corrected chi connectivity index (χ2v) is 4.54. The van der Waals surface area contributed by atoms with Crippen LogP contribution < -0.4 is 4.90 Å². The minimum Gasteiger partial charge on any atom is -0.233 e. The molecule has 0 fully saturated rings. The average molecular weight is 225 g/mol. The van der Waals surface area contributed by atoms with Crippen LogP contribution in [0, 0.1) is 0 Å². The Morgan fingerprint density at radius 1 is 1.12 bits per heavy atom. The minimum absolute atomic E-state index is 1.04. The topological polar surface area (TPSA) is 6.25 Å².